The Bertz CT molecular complexity index is 261. The first kappa shape index (κ1) is 14.3. The number of carbonyl (C=O) groups is 1. The molecule has 0 amide bonds. The van der Waals surface area contributed by atoms with Crippen molar-refractivity contribution in [1.29, 1.82) is 0 Å². The summed E-state index contributed by atoms with van der Waals surface area (Å²) in [5, 5.41) is 0. The topological polar surface area (TPSA) is 26.3 Å². The second kappa shape index (κ2) is 4.91. The van der Waals surface area contributed by atoms with Gasteiger partial charge in [0.15, 0.2) is 0 Å². The van der Waals surface area contributed by atoms with Gasteiger partial charge in [0.1, 0.15) is 0 Å². The van der Waals surface area contributed by atoms with Crippen LogP contribution >= 0.6 is 15.9 Å². The van der Waals surface area contributed by atoms with Gasteiger partial charge in [-0.25, -0.2) is 4.79 Å². The fourth-order valence-corrected chi connectivity index (χ4v) is 0.606. The average Bonchev–Trinajstić information content (AvgIpc) is 2.01. The average molecular weight is 297 g/mol. The summed E-state index contributed by atoms with van der Waals surface area (Å²) in [4.78, 5) is 10.6. The van der Waals surface area contributed by atoms with Crippen LogP contribution in [0.3, 0.4) is 0 Å². The van der Waals surface area contributed by atoms with Crippen LogP contribution in [0, 0.1) is 0 Å². The molecule has 15 heavy (non-hydrogen) atoms. The second-order valence-electron chi connectivity index (χ2n) is 2.49. The summed E-state index contributed by atoms with van der Waals surface area (Å²) in [5.74, 6) is -5.94. The number of rotatable bonds is 4. The van der Waals surface area contributed by atoms with Crippen molar-refractivity contribution >= 4 is 21.9 Å². The fourth-order valence-electron chi connectivity index (χ4n) is 0.492. The zero-order chi connectivity index (χ0) is 12.3. The van der Waals surface area contributed by atoms with Crippen LogP contribution in [-0.4, -0.2) is 24.7 Å². The van der Waals surface area contributed by atoms with E-state index in [1.54, 1.807) is 0 Å². The minimum Gasteiger partial charge on any atom is -0.461 e. The van der Waals surface area contributed by atoms with Gasteiger partial charge in [-0.3, -0.25) is 0 Å². The van der Waals surface area contributed by atoms with E-state index in [0.717, 1.165) is 0 Å². The highest BCUT2D eigenvalue weighted by Gasteiger charge is 2.56. The van der Waals surface area contributed by atoms with E-state index < -0.39 is 31.1 Å². The summed E-state index contributed by atoms with van der Waals surface area (Å²) in [6.45, 7) is 2.02. The molecule has 0 aliphatic heterocycles. The lowest BCUT2D eigenvalue weighted by Crippen LogP contribution is -2.37. The molecule has 0 radical (unpaired) electrons. The summed E-state index contributed by atoms with van der Waals surface area (Å²) < 4.78 is 63.1. The van der Waals surface area contributed by atoms with E-state index in [4.69, 9.17) is 0 Å². The molecule has 0 aromatic rings. The lowest BCUT2D eigenvalue weighted by Gasteiger charge is -2.18. The molecule has 0 aromatic heterocycles. The Labute approximate surface area is 90.2 Å². The third-order valence-electron chi connectivity index (χ3n) is 1.29. The molecule has 0 bridgehead atoms. The van der Waals surface area contributed by atoms with E-state index in [-0.39, 0.29) is 4.48 Å². The lowest BCUT2D eigenvalue weighted by atomic mass is 10.2. The van der Waals surface area contributed by atoms with Gasteiger partial charge in [0, 0.05) is 0 Å². The highest BCUT2D eigenvalue weighted by molar-refractivity contribution is 9.12. The Hall–Kier alpha value is -0.660. The maximum atomic E-state index is 12.2. The van der Waals surface area contributed by atoms with Crippen molar-refractivity contribution in [2.45, 2.75) is 18.5 Å². The lowest BCUT2D eigenvalue weighted by molar-refractivity contribution is -0.286. The molecular formula is C7H6BrF5O2. The van der Waals surface area contributed by atoms with E-state index in [9.17, 15) is 26.7 Å². The van der Waals surface area contributed by atoms with Gasteiger partial charge >= 0.3 is 18.1 Å². The molecule has 0 aromatic carbocycles. The number of carbonyl (C=O) groups excluding carboxylic acids is 1. The summed E-state index contributed by atoms with van der Waals surface area (Å²) in [6.07, 6.45) is -7.24. The second-order valence-corrected chi connectivity index (χ2v) is 3.45. The first-order valence-corrected chi connectivity index (χ1v) is 4.33. The Morgan fingerprint density at radius 3 is 2.07 bits per heavy atom. The molecule has 0 unspecified atom stereocenters. The van der Waals surface area contributed by atoms with Crippen LogP contribution in [0.1, 0.15) is 6.42 Å². The molecule has 0 fully saturated rings. The van der Waals surface area contributed by atoms with E-state index in [1.807, 2.05) is 0 Å². The van der Waals surface area contributed by atoms with Gasteiger partial charge in [-0.1, -0.05) is 6.58 Å². The highest BCUT2D eigenvalue weighted by atomic mass is 79.9. The van der Waals surface area contributed by atoms with Gasteiger partial charge in [-0.15, -0.1) is 0 Å². The Kier molecular flexibility index (Phi) is 4.69. The SMILES string of the molecule is C=C(Br)C(=O)OCCC(F)(F)C(F)(F)F. The fraction of sp³-hybridized carbons (Fsp3) is 0.571. The Morgan fingerprint density at radius 2 is 1.73 bits per heavy atom. The van der Waals surface area contributed by atoms with Crippen LogP contribution < -0.4 is 0 Å². The number of esters is 1. The number of halogens is 6. The largest absolute Gasteiger partial charge is 0.461 e. The maximum Gasteiger partial charge on any atom is 0.453 e. The van der Waals surface area contributed by atoms with Crippen molar-refractivity contribution in [3.63, 3.8) is 0 Å². The predicted octanol–water partition coefficient (Wildman–Crippen LogP) is 3.03. The molecule has 8 heteroatoms. The van der Waals surface area contributed by atoms with E-state index >= 15 is 0 Å². The number of ether oxygens (including phenoxy) is 1. The van der Waals surface area contributed by atoms with Crippen LogP contribution in [0.15, 0.2) is 11.1 Å². The van der Waals surface area contributed by atoms with Crippen molar-refractivity contribution in [2.24, 2.45) is 0 Å². The summed E-state index contributed by atoms with van der Waals surface area (Å²) >= 11 is 2.58. The van der Waals surface area contributed by atoms with E-state index in [0.29, 0.717) is 0 Å². The molecule has 2 nitrogen and oxygen atoms in total. The first-order chi connectivity index (χ1) is 6.58. The van der Waals surface area contributed by atoms with Gasteiger partial charge in [0.05, 0.1) is 17.5 Å². The molecule has 0 rings (SSSR count). The van der Waals surface area contributed by atoms with Crippen molar-refractivity contribution in [3.8, 4) is 0 Å². The minimum atomic E-state index is -5.63. The van der Waals surface area contributed by atoms with Gasteiger partial charge in [0.25, 0.3) is 0 Å². The number of alkyl halides is 5. The molecule has 0 spiro atoms. The Balaban J connectivity index is 4.07. The molecule has 88 valence electrons. The molecule has 0 heterocycles. The molecule has 0 aliphatic rings. The zero-order valence-corrected chi connectivity index (χ0v) is 8.79. The molecule has 0 saturated heterocycles. The monoisotopic (exact) mass is 296 g/mol. The van der Waals surface area contributed by atoms with Crippen LogP contribution in [0.5, 0.6) is 0 Å². The van der Waals surface area contributed by atoms with Gasteiger partial charge in [0.2, 0.25) is 0 Å². The predicted molar refractivity (Wildman–Crippen MR) is 44.6 cm³/mol. The molecule has 0 atom stereocenters. The quantitative estimate of drug-likeness (QED) is 0.453. The number of hydrogen-bond donors (Lipinski definition) is 0. The Morgan fingerprint density at radius 1 is 1.27 bits per heavy atom. The van der Waals surface area contributed by atoms with Crippen LogP contribution in [0.25, 0.3) is 0 Å². The standard InChI is InChI=1S/C7H6BrF5O2/c1-4(8)5(14)15-3-2-6(9,10)7(11,12)13/h1-3H2. The first-order valence-electron chi connectivity index (χ1n) is 3.54. The summed E-state index contributed by atoms with van der Waals surface area (Å²) in [5.41, 5.74) is 0. The van der Waals surface area contributed by atoms with E-state index in [2.05, 4.69) is 27.2 Å². The van der Waals surface area contributed by atoms with Crippen LogP contribution in [-0.2, 0) is 9.53 Å². The van der Waals surface area contributed by atoms with Gasteiger partial charge < -0.3 is 4.74 Å². The zero-order valence-electron chi connectivity index (χ0n) is 7.21. The summed E-state index contributed by atoms with van der Waals surface area (Å²) in [6, 6.07) is 0. The summed E-state index contributed by atoms with van der Waals surface area (Å²) in [7, 11) is 0. The maximum absolute atomic E-state index is 12.2. The molecule has 0 N–H and O–H groups in total. The smallest absolute Gasteiger partial charge is 0.453 e. The molecule has 0 saturated carbocycles. The van der Waals surface area contributed by atoms with Crippen molar-refractivity contribution in [2.75, 3.05) is 6.61 Å². The minimum absolute atomic E-state index is 0.252. The van der Waals surface area contributed by atoms with Gasteiger partial charge in [-0.05, 0) is 15.9 Å². The highest BCUT2D eigenvalue weighted by Crippen LogP contribution is 2.37. The van der Waals surface area contributed by atoms with Gasteiger partial charge in [-0.2, -0.15) is 22.0 Å². The normalized spacial score (nSPS) is 12.4. The van der Waals surface area contributed by atoms with Crippen LogP contribution in [0.2, 0.25) is 0 Å². The van der Waals surface area contributed by atoms with Crippen molar-refractivity contribution in [3.05, 3.63) is 11.1 Å². The van der Waals surface area contributed by atoms with E-state index in [1.165, 1.54) is 0 Å². The molecular weight excluding hydrogens is 291 g/mol. The van der Waals surface area contributed by atoms with Crippen LogP contribution in [0.4, 0.5) is 22.0 Å². The van der Waals surface area contributed by atoms with Crippen molar-refractivity contribution < 1.29 is 31.5 Å². The molecule has 0 aliphatic carbocycles. The van der Waals surface area contributed by atoms with Crippen molar-refractivity contribution in [1.82, 2.24) is 0 Å². The third-order valence-corrected chi connectivity index (χ3v) is 1.61. The number of hydrogen-bond acceptors (Lipinski definition) is 2. The third kappa shape index (κ3) is 4.59.